The van der Waals surface area contributed by atoms with Crippen LogP contribution in [0.1, 0.15) is 5.56 Å². The van der Waals surface area contributed by atoms with Crippen LogP contribution in [0.15, 0.2) is 29.1 Å². The predicted octanol–water partition coefficient (Wildman–Crippen LogP) is 1.68. The molecule has 0 N–H and O–H groups in total. The quantitative estimate of drug-likeness (QED) is 0.685. The van der Waals surface area contributed by atoms with Gasteiger partial charge in [0, 0.05) is 6.07 Å². The van der Waals surface area contributed by atoms with Crippen molar-refractivity contribution in [3.8, 4) is 11.8 Å². The zero-order valence-electron chi connectivity index (χ0n) is 10.1. The van der Waals surface area contributed by atoms with Gasteiger partial charge in [0.15, 0.2) is 11.5 Å². The Labute approximate surface area is 120 Å². The molecule has 6 nitrogen and oxygen atoms in total. The number of hydrogen-bond donors (Lipinski definition) is 0. The highest BCUT2D eigenvalue weighted by Gasteiger charge is 2.16. The zero-order valence-corrected chi connectivity index (χ0v) is 10.8. The number of halogens is 3. The minimum Gasteiger partial charge on any atom is -0.243 e. The lowest BCUT2D eigenvalue weighted by Gasteiger charge is -2.02. The minimum atomic E-state index is -0.955. The summed E-state index contributed by atoms with van der Waals surface area (Å²) in [5.41, 5.74) is -1.57. The number of nitrogens with zero attached hydrogens (tertiary/aromatic N) is 5. The normalized spacial score (nSPS) is 10.8. The Balaban J connectivity index is 2.31. The molecule has 3 rings (SSSR count). The molecule has 0 spiro atoms. The molecule has 9 heteroatoms. The Morgan fingerprint density at radius 3 is 2.67 bits per heavy atom. The second-order valence-corrected chi connectivity index (χ2v) is 4.40. The maximum Gasteiger partial charge on any atom is 0.372 e. The lowest BCUT2D eigenvalue weighted by atomic mass is 10.2. The maximum absolute atomic E-state index is 13.9. The molecule has 0 aliphatic rings. The summed E-state index contributed by atoms with van der Waals surface area (Å²) in [5, 5.41) is 16.2. The van der Waals surface area contributed by atoms with E-state index in [1.54, 1.807) is 0 Å². The van der Waals surface area contributed by atoms with E-state index in [0.717, 1.165) is 10.6 Å². The summed E-state index contributed by atoms with van der Waals surface area (Å²) in [6.45, 7) is 0. The minimum absolute atomic E-state index is 0.0515. The molecule has 0 aliphatic heterocycles. The van der Waals surface area contributed by atoms with Crippen LogP contribution in [0.25, 0.3) is 11.3 Å². The van der Waals surface area contributed by atoms with Crippen LogP contribution in [0, 0.1) is 23.0 Å². The van der Waals surface area contributed by atoms with E-state index in [0.29, 0.717) is 10.7 Å². The summed E-state index contributed by atoms with van der Waals surface area (Å²) in [6.07, 6.45) is 0. The Bertz CT molecular complexity index is 972. The third kappa shape index (κ3) is 2.04. The van der Waals surface area contributed by atoms with E-state index in [-0.39, 0.29) is 10.8 Å². The monoisotopic (exact) mass is 307 g/mol. The summed E-state index contributed by atoms with van der Waals surface area (Å²) < 4.78 is 29.0. The van der Waals surface area contributed by atoms with Crippen molar-refractivity contribution >= 4 is 17.2 Å². The van der Waals surface area contributed by atoms with Crippen molar-refractivity contribution in [2.45, 2.75) is 0 Å². The van der Waals surface area contributed by atoms with Crippen molar-refractivity contribution in [3.63, 3.8) is 0 Å². The molecule has 1 aromatic carbocycles. The Morgan fingerprint density at radius 2 is 1.95 bits per heavy atom. The third-order valence-corrected chi connectivity index (χ3v) is 2.93. The molecular weight excluding hydrogens is 304 g/mol. The number of rotatable bonds is 1. The topological polar surface area (TPSA) is 76.0 Å². The maximum atomic E-state index is 13.9. The molecular formula is C12H4ClF2N5O. The van der Waals surface area contributed by atoms with Crippen molar-refractivity contribution in [1.82, 2.24) is 19.4 Å². The van der Waals surface area contributed by atoms with Gasteiger partial charge in [-0.25, -0.2) is 13.6 Å². The second kappa shape index (κ2) is 4.64. The first kappa shape index (κ1) is 13.2. The van der Waals surface area contributed by atoms with Gasteiger partial charge in [-0.3, -0.25) is 0 Å². The highest BCUT2D eigenvalue weighted by atomic mass is 35.5. The average Bonchev–Trinajstić information content (AvgIpc) is 2.78. The molecule has 0 unspecified atom stereocenters. The first-order valence-corrected chi connectivity index (χ1v) is 5.93. The Hall–Kier alpha value is -2.79. The highest BCUT2D eigenvalue weighted by Crippen LogP contribution is 2.17. The first-order valence-electron chi connectivity index (χ1n) is 5.55. The largest absolute Gasteiger partial charge is 0.372 e. The van der Waals surface area contributed by atoms with Gasteiger partial charge in [-0.1, -0.05) is 11.6 Å². The molecule has 2 heterocycles. The molecule has 0 saturated heterocycles. The number of nitriles is 1. The molecule has 2 aromatic heterocycles. The van der Waals surface area contributed by atoms with Crippen molar-refractivity contribution < 1.29 is 8.78 Å². The van der Waals surface area contributed by atoms with Gasteiger partial charge in [-0.05, 0) is 18.2 Å². The van der Waals surface area contributed by atoms with Crippen LogP contribution < -0.4 is 5.69 Å². The highest BCUT2D eigenvalue weighted by molar-refractivity contribution is 6.29. The lowest BCUT2D eigenvalue weighted by molar-refractivity contribution is 0.581. The van der Waals surface area contributed by atoms with Crippen molar-refractivity contribution in [2.24, 2.45) is 0 Å². The molecule has 21 heavy (non-hydrogen) atoms. The van der Waals surface area contributed by atoms with E-state index in [1.807, 2.05) is 0 Å². The standard InChI is InChI=1S/C12H4ClF2N5O/c13-10-1-2-11-18-19(12(21)20(11)17-10)9-4-7(14)6(5-16)3-8(9)15/h1-4H. The summed E-state index contributed by atoms with van der Waals surface area (Å²) in [6, 6.07) is 5.74. The molecule has 104 valence electrons. The van der Waals surface area contributed by atoms with Crippen LogP contribution in [0.3, 0.4) is 0 Å². The SMILES string of the molecule is N#Cc1cc(F)c(-n2nc3ccc(Cl)nn3c2=O)cc1F. The summed E-state index contributed by atoms with van der Waals surface area (Å²) >= 11 is 5.66. The van der Waals surface area contributed by atoms with E-state index in [1.165, 1.54) is 18.2 Å². The van der Waals surface area contributed by atoms with Crippen LogP contribution in [0.5, 0.6) is 0 Å². The van der Waals surface area contributed by atoms with Gasteiger partial charge in [0.05, 0.1) is 5.56 Å². The van der Waals surface area contributed by atoms with Gasteiger partial charge in [0.1, 0.15) is 22.7 Å². The summed E-state index contributed by atoms with van der Waals surface area (Å²) in [5.74, 6) is -1.91. The number of benzene rings is 1. The van der Waals surface area contributed by atoms with Crippen molar-refractivity contribution in [3.05, 3.63) is 57.1 Å². The van der Waals surface area contributed by atoms with Crippen LogP contribution in [-0.2, 0) is 0 Å². The van der Waals surface area contributed by atoms with Crippen LogP contribution >= 0.6 is 11.6 Å². The molecule has 0 atom stereocenters. The average molecular weight is 308 g/mol. The number of hydrogen-bond acceptors (Lipinski definition) is 4. The van der Waals surface area contributed by atoms with Crippen molar-refractivity contribution in [2.75, 3.05) is 0 Å². The third-order valence-electron chi connectivity index (χ3n) is 2.73. The molecule has 0 bridgehead atoms. The fraction of sp³-hybridized carbons (Fsp3) is 0. The fourth-order valence-corrected chi connectivity index (χ4v) is 1.93. The second-order valence-electron chi connectivity index (χ2n) is 4.02. The molecule has 0 fully saturated rings. The Morgan fingerprint density at radius 1 is 1.19 bits per heavy atom. The lowest BCUT2D eigenvalue weighted by Crippen LogP contribution is -2.22. The van der Waals surface area contributed by atoms with E-state index in [2.05, 4.69) is 10.2 Å². The fourth-order valence-electron chi connectivity index (χ4n) is 1.79. The van der Waals surface area contributed by atoms with Crippen LogP contribution in [-0.4, -0.2) is 19.4 Å². The van der Waals surface area contributed by atoms with Gasteiger partial charge in [0.25, 0.3) is 0 Å². The van der Waals surface area contributed by atoms with Gasteiger partial charge in [-0.15, -0.1) is 10.2 Å². The zero-order chi connectivity index (χ0) is 15.1. The van der Waals surface area contributed by atoms with E-state index in [9.17, 15) is 13.6 Å². The summed E-state index contributed by atoms with van der Waals surface area (Å²) in [7, 11) is 0. The van der Waals surface area contributed by atoms with Crippen LogP contribution in [0.4, 0.5) is 8.78 Å². The van der Waals surface area contributed by atoms with Gasteiger partial charge < -0.3 is 0 Å². The van der Waals surface area contributed by atoms with E-state index < -0.39 is 28.6 Å². The van der Waals surface area contributed by atoms with Gasteiger partial charge >= 0.3 is 5.69 Å². The Kier molecular flexibility index (Phi) is 2.92. The molecule has 3 aromatic rings. The van der Waals surface area contributed by atoms with E-state index >= 15 is 0 Å². The summed E-state index contributed by atoms with van der Waals surface area (Å²) in [4.78, 5) is 12.1. The molecule has 0 radical (unpaired) electrons. The molecule has 0 amide bonds. The predicted molar refractivity (Wildman–Crippen MR) is 68.2 cm³/mol. The first-order chi connectivity index (χ1) is 10.0. The van der Waals surface area contributed by atoms with Crippen LogP contribution in [0.2, 0.25) is 5.15 Å². The van der Waals surface area contributed by atoms with Gasteiger partial charge in [0.2, 0.25) is 0 Å². The molecule has 0 saturated carbocycles. The van der Waals surface area contributed by atoms with E-state index in [4.69, 9.17) is 16.9 Å². The van der Waals surface area contributed by atoms with Gasteiger partial charge in [-0.2, -0.15) is 14.5 Å². The number of aromatic nitrogens is 4. The molecule has 0 aliphatic carbocycles. The van der Waals surface area contributed by atoms with Crippen molar-refractivity contribution in [1.29, 1.82) is 5.26 Å². The smallest absolute Gasteiger partial charge is 0.243 e. The number of fused-ring (bicyclic) bond motifs is 1.